The summed E-state index contributed by atoms with van der Waals surface area (Å²) in [6, 6.07) is 2.27. The van der Waals surface area contributed by atoms with Gasteiger partial charge in [0, 0.05) is 56.9 Å². The molecular weight excluding hydrogens is 506 g/mol. The molecule has 1 saturated heterocycles. The Kier molecular flexibility index (Phi) is 8.25. The summed E-state index contributed by atoms with van der Waals surface area (Å²) in [5.41, 5.74) is 5.01. The zero-order valence-corrected chi connectivity index (χ0v) is 22.9. The first-order valence-electron chi connectivity index (χ1n) is 11.6. The first-order chi connectivity index (χ1) is 16.6. The van der Waals surface area contributed by atoms with E-state index in [1.165, 1.54) is 39.3 Å². The molecule has 12 nitrogen and oxygen atoms in total. The van der Waals surface area contributed by atoms with Gasteiger partial charge in [-0.05, 0) is 31.9 Å². The smallest absolute Gasteiger partial charge is 0.244 e. The standard InChI is InChI=1S/C22H35N7O5S2/c1-16(2)13-28(35(5,31)32)15-18-14-27(36(33,34)19-6-7-20(23)24-12-19)8-9-29(18)21-25-10-17(11-26-21)22(3,4)30/h6-7,10-12,16,18,30H,8-9,13-15H2,1-5H3,(H2,23,24)/t18-/m1/s1. The van der Waals surface area contributed by atoms with Crippen LogP contribution in [-0.2, 0) is 25.6 Å². The highest BCUT2D eigenvalue weighted by Crippen LogP contribution is 2.25. The number of sulfonamides is 2. The van der Waals surface area contributed by atoms with E-state index in [1.807, 2.05) is 18.7 Å². The first-order valence-corrected chi connectivity index (χ1v) is 14.9. The molecular formula is C22H35N7O5S2. The Hall–Kier alpha value is -2.39. The van der Waals surface area contributed by atoms with Crippen LogP contribution in [0.1, 0.15) is 33.3 Å². The lowest BCUT2D eigenvalue weighted by atomic mass is 10.0. The maximum Gasteiger partial charge on any atom is 0.244 e. The Balaban J connectivity index is 1.96. The number of hydrogen-bond acceptors (Lipinski definition) is 10. The third-order valence-corrected chi connectivity index (χ3v) is 8.98. The summed E-state index contributed by atoms with van der Waals surface area (Å²) in [6.07, 6.45) is 5.40. The van der Waals surface area contributed by atoms with Crippen LogP contribution < -0.4 is 10.6 Å². The van der Waals surface area contributed by atoms with Crippen LogP contribution in [0.15, 0.2) is 35.6 Å². The van der Waals surface area contributed by atoms with Crippen LogP contribution in [0.5, 0.6) is 0 Å². The monoisotopic (exact) mass is 541 g/mol. The van der Waals surface area contributed by atoms with Crippen molar-refractivity contribution in [3.05, 3.63) is 36.3 Å². The lowest BCUT2D eigenvalue weighted by Crippen LogP contribution is -2.59. The van der Waals surface area contributed by atoms with Crippen LogP contribution in [0.4, 0.5) is 11.8 Å². The van der Waals surface area contributed by atoms with Crippen LogP contribution in [0.3, 0.4) is 0 Å². The van der Waals surface area contributed by atoms with Gasteiger partial charge in [0.25, 0.3) is 0 Å². The van der Waals surface area contributed by atoms with Gasteiger partial charge in [-0.3, -0.25) is 0 Å². The number of hydrogen-bond donors (Lipinski definition) is 2. The van der Waals surface area contributed by atoms with Crippen molar-refractivity contribution in [3.63, 3.8) is 0 Å². The summed E-state index contributed by atoms with van der Waals surface area (Å²) < 4.78 is 54.5. The van der Waals surface area contributed by atoms with E-state index in [1.54, 1.807) is 13.8 Å². The summed E-state index contributed by atoms with van der Waals surface area (Å²) in [6.45, 7) is 7.83. The Morgan fingerprint density at radius 1 is 1.11 bits per heavy atom. The number of nitrogens with two attached hydrogens (primary N) is 1. The van der Waals surface area contributed by atoms with E-state index in [4.69, 9.17) is 5.73 Å². The molecule has 0 unspecified atom stereocenters. The number of rotatable bonds is 9. The fourth-order valence-corrected chi connectivity index (χ4v) is 6.36. The molecule has 1 atom stereocenters. The van der Waals surface area contributed by atoms with Gasteiger partial charge in [-0.2, -0.15) is 8.61 Å². The molecule has 0 aromatic carbocycles. The highest BCUT2D eigenvalue weighted by molar-refractivity contribution is 7.89. The second kappa shape index (κ2) is 10.5. The second-order valence-electron chi connectivity index (χ2n) is 9.93. The minimum absolute atomic E-state index is 0.0110. The molecule has 0 amide bonds. The highest BCUT2D eigenvalue weighted by atomic mass is 32.2. The van der Waals surface area contributed by atoms with Gasteiger partial charge in [-0.15, -0.1) is 0 Å². The summed E-state index contributed by atoms with van der Waals surface area (Å²) in [7, 11) is -7.45. The third-order valence-electron chi connectivity index (χ3n) is 5.90. The average Bonchev–Trinajstić information content (AvgIpc) is 2.77. The van der Waals surface area contributed by atoms with Crippen LogP contribution in [0.2, 0.25) is 0 Å². The summed E-state index contributed by atoms with van der Waals surface area (Å²) >= 11 is 0. The molecule has 2 aromatic rings. The number of pyridine rings is 1. The van der Waals surface area contributed by atoms with Crippen molar-refractivity contribution in [2.75, 3.05) is 49.6 Å². The number of nitrogens with zero attached hydrogens (tertiary/aromatic N) is 6. The van der Waals surface area contributed by atoms with Gasteiger partial charge < -0.3 is 15.7 Å². The minimum atomic E-state index is -3.89. The van der Waals surface area contributed by atoms with E-state index in [-0.39, 0.29) is 49.4 Å². The highest BCUT2D eigenvalue weighted by Gasteiger charge is 2.38. The van der Waals surface area contributed by atoms with E-state index in [2.05, 4.69) is 15.0 Å². The topological polar surface area (TPSA) is 163 Å². The lowest BCUT2D eigenvalue weighted by Gasteiger charge is -2.42. The Labute approximate surface area is 213 Å². The SMILES string of the molecule is CC(C)CN(C[C@H]1CN(S(=O)(=O)c2ccc(N)nc2)CCN1c1ncc(C(C)(C)O)cn1)S(C)(=O)=O. The molecule has 3 heterocycles. The maximum absolute atomic E-state index is 13.3. The normalized spacial score (nSPS) is 18.2. The predicted molar refractivity (Wildman–Crippen MR) is 137 cm³/mol. The van der Waals surface area contributed by atoms with Crippen molar-refractivity contribution in [1.29, 1.82) is 0 Å². The summed E-state index contributed by atoms with van der Waals surface area (Å²) in [5.74, 6) is 0.609. The number of piperazine rings is 1. The van der Waals surface area contributed by atoms with Gasteiger partial charge in [-0.1, -0.05) is 13.8 Å². The van der Waals surface area contributed by atoms with Crippen molar-refractivity contribution < 1.29 is 21.9 Å². The number of anilines is 2. The van der Waals surface area contributed by atoms with Gasteiger partial charge in [0.2, 0.25) is 26.0 Å². The number of aliphatic hydroxyl groups is 1. The molecule has 0 aliphatic carbocycles. The van der Waals surface area contributed by atoms with Gasteiger partial charge in [0.1, 0.15) is 10.7 Å². The predicted octanol–water partition coefficient (Wildman–Crippen LogP) is 0.478. The van der Waals surface area contributed by atoms with Crippen molar-refractivity contribution in [1.82, 2.24) is 23.6 Å². The van der Waals surface area contributed by atoms with E-state index >= 15 is 0 Å². The Morgan fingerprint density at radius 3 is 2.25 bits per heavy atom. The van der Waals surface area contributed by atoms with Crippen molar-refractivity contribution in [3.8, 4) is 0 Å². The molecule has 1 aliphatic rings. The molecule has 36 heavy (non-hydrogen) atoms. The fraction of sp³-hybridized carbons (Fsp3) is 0.591. The molecule has 0 radical (unpaired) electrons. The van der Waals surface area contributed by atoms with E-state index in [0.29, 0.717) is 11.5 Å². The molecule has 1 aliphatic heterocycles. The third kappa shape index (κ3) is 6.68. The van der Waals surface area contributed by atoms with Gasteiger partial charge >= 0.3 is 0 Å². The molecule has 0 spiro atoms. The van der Waals surface area contributed by atoms with Crippen LogP contribution >= 0.6 is 0 Å². The van der Waals surface area contributed by atoms with E-state index in [0.717, 1.165) is 6.26 Å². The van der Waals surface area contributed by atoms with Crippen LogP contribution in [0, 0.1) is 5.92 Å². The molecule has 2 aromatic heterocycles. The molecule has 3 rings (SSSR count). The van der Waals surface area contributed by atoms with Crippen LogP contribution in [0.25, 0.3) is 0 Å². The Morgan fingerprint density at radius 2 is 1.75 bits per heavy atom. The van der Waals surface area contributed by atoms with Gasteiger partial charge in [-0.25, -0.2) is 31.8 Å². The second-order valence-corrected chi connectivity index (χ2v) is 13.9. The zero-order valence-electron chi connectivity index (χ0n) is 21.2. The molecule has 14 heteroatoms. The fourth-order valence-electron chi connectivity index (χ4n) is 3.93. The molecule has 1 fully saturated rings. The quantitative estimate of drug-likeness (QED) is 0.456. The largest absolute Gasteiger partial charge is 0.386 e. The van der Waals surface area contributed by atoms with Gasteiger partial charge in [0.05, 0.1) is 17.9 Å². The average molecular weight is 542 g/mol. The van der Waals surface area contributed by atoms with Gasteiger partial charge in [0.15, 0.2) is 0 Å². The molecule has 0 bridgehead atoms. The van der Waals surface area contributed by atoms with Crippen molar-refractivity contribution in [2.24, 2.45) is 5.92 Å². The molecule has 200 valence electrons. The first kappa shape index (κ1) is 28.2. The lowest BCUT2D eigenvalue weighted by molar-refractivity contribution is 0.0778. The summed E-state index contributed by atoms with van der Waals surface area (Å²) in [5, 5.41) is 10.2. The molecule has 0 saturated carbocycles. The van der Waals surface area contributed by atoms with Crippen LogP contribution in [-0.4, -0.2) is 90.5 Å². The van der Waals surface area contributed by atoms with E-state index < -0.39 is 31.7 Å². The number of aromatic nitrogens is 3. The number of nitrogen functional groups attached to an aromatic ring is 1. The minimum Gasteiger partial charge on any atom is -0.386 e. The Bertz CT molecular complexity index is 1250. The van der Waals surface area contributed by atoms with E-state index in [9.17, 15) is 21.9 Å². The zero-order chi connectivity index (χ0) is 26.9. The maximum atomic E-state index is 13.3. The van der Waals surface area contributed by atoms with Crippen molar-refractivity contribution >= 4 is 31.8 Å². The summed E-state index contributed by atoms with van der Waals surface area (Å²) in [4.78, 5) is 14.5. The molecule has 3 N–H and O–H groups in total. The van der Waals surface area contributed by atoms with Crippen molar-refractivity contribution in [2.45, 2.75) is 44.2 Å².